The van der Waals surface area contributed by atoms with E-state index >= 15 is 0 Å². The molecule has 1 saturated heterocycles. The molecule has 0 saturated carbocycles. The zero-order valence-corrected chi connectivity index (χ0v) is 18.7. The van der Waals surface area contributed by atoms with E-state index in [1.807, 2.05) is 18.2 Å². The lowest BCUT2D eigenvalue weighted by Gasteiger charge is -2.34. The van der Waals surface area contributed by atoms with Crippen LogP contribution in [0.2, 0.25) is 0 Å². The first-order valence-corrected chi connectivity index (χ1v) is 9.62. The van der Waals surface area contributed by atoms with Crippen LogP contribution < -0.4 is 14.8 Å². The molecule has 1 aliphatic rings. The zero-order valence-electron chi connectivity index (χ0n) is 15.6. The van der Waals surface area contributed by atoms with Crippen LogP contribution in [0.15, 0.2) is 23.2 Å². The summed E-state index contributed by atoms with van der Waals surface area (Å²) in [5.41, 5.74) is 1.06. The van der Waals surface area contributed by atoms with Gasteiger partial charge < -0.3 is 19.7 Å². The zero-order chi connectivity index (χ0) is 17.4. The summed E-state index contributed by atoms with van der Waals surface area (Å²) in [5.74, 6) is 3.77. The molecule has 0 spiro atoms. The summed E-state index contributed by atoms with van der Waals surface area (Å²) in [6, 6.07) is 5.87. The second-order valence-electron chi connectivity index (χ2n) is 5.70. The van der Waals surface area contributed by atoms with Gasteiger partial charge in [-0.25, -0.2) is 4.99 Å². The molecular weight excluding hydrogens is 449 g/mol. The van der Waals surface area contributed by atoms with Crippen molar-refractivity contribution in [1.82, 2.24) is 10.2 Å². The number of nitrogens with zero attached hydrogens (tertiary/aromatic N) is 2. The maximum absolute atomic E-state index is 5.47. The minimum atomic E-state index is 0. The van der Waals surface area contributed by atoms with Gasteiger partial charge in [-0.05, 0) is 25.5 Å². The highest BCUT2D eigenvalue weighted by atomic mass is 127. The van der Waals surface area contributed by atoms with Crippen molar-refractivity contribution in [3.05, 3.63) is 23.8 Å². The van der Waals surface area contributed by atoms with E-state index in [0.717, 1.165) is 48.4 Å². The van der Waals surface area contributed by atoms with Crippen molar-refractivity contribution in [2.45, 2.75) is 32.1 Å². The third-order valence-corrected chi connectivity index (χ3v) is 5.49. The van der Waals surface area contributed by atoms with E-state index < -0.39 is 0 Å². The van der Waals surface area contributed by atoms with Gasteiger partial charge in [0.05, 0.1) is 20.8 Å². The second-order valence-corrected chi connectivity index (χ2v) is 7.10. The standard InChI is InChI=1S/C18H29N3O2S.HI/c1-5-16-13-21(9-10-24-16)18(19-6-2)20-12-14-7-8-15(22-3)11-17(14)23-4;/h7-8,11,16H,5-6,9-10,12-13H2,1-4H3,(H,19,20);1H. The van der Waals surface area contributed by atoms with Crippen molar-refractivity contribution in [2.75, 3.05) is 39.6 Å². The Kier molecular flexibility index (Phi) is 10.4. The molecule has 1 aromatic carbocycles. The third kappa shape index (κ3) is 6.44. The molecule has 1 aromatic rings. The number of rotatable bonds is 6. The summed E-state index contributed by atoms with van der Waals surface area (Å²) in [7, 11) is 3.34. The maximum atomic E-state index is 5.47. The van der Waals surface area contributed by atoms with Crippen LogP contribution in [0.4, 0.5) is 0 Å². The van der Waals surface area contributed by atoms with E-state index in [1.54, 1.807) is 14.2 Å². The second kappa shape index (κ2) is 11.7. The van der Waals surface area contributed by atoms with Crippen molar-refractivity contribution < 1.29 is 9.47 Å². The molecule has 25 heavy (non-hydrogen) atoms. The molecule has 5 nitrogen and oxygen atoms in total. The highest BCUT2D eigenvalue weighted by Crippen LogP contribution is 2.25. The van der Waals surface area contributed by atoms with Gasteiger partial charge >= 0.3 is 0 Å². The number of guanidine groups is 1. The van der Waals surface area contributed by atoms with Crippen LogP contribution in [-0.4, -0.2) is 55.7 Å². The van der Waals surface area contributed by atoms with Crippen molar-refractivity contribution >= 4 is 41.7 Å². The van der Waals surface area contributed by atoms with Crippen LogP contribution >= 0.6 is 35.7 Å². The Morgan fingerprint density at radius 3 is 2.76 bits per heavy atom. The van der Waals surface area contributed by atoms with Crippen molar-refractivity contribution in [2.24, 2.45) is 4.99 Å². The Bertz CT molecular complexity index is 557. The van der Waals surface area contributed by atoms with E-state index in [1.165, 1.54) is 6.42 Å². The molecule has 2 rings (SSSR count). The average Bonchev–Trinajstić information content (AvgIpc) is 2.65. The summed E-state index contributed by atoms with van der Waals surface area (Å²) in [4.78, 5) is 7.22. The van der Waals surface area contributed by atoms with E-state index in [-0.39, 0.29) is 24.0 Å². The highest BCUT2D eigenvalue weighted by Gasteiger charge is 2.21. The molecule has 0 bridgehead atoms. The van der Waals surface area contributed by atoms with Gasteiger partial charge in [-0.15, -0.1) is 24.0 Å². The lowest BCUT2D eigenvalue weighted by Crippen LogP contribution is -2.48. The first-order chi connectivity index (χ1) is 11.7. The molecule has 1 heterocycles. The van der Waals surface area contributed by atoms with Crippen LogP contribution in [0.3, 0.4) is 0 Å². The van der Waals surface area contributed by atoms with Crippen molar-refractivity contribution in [3.63, 3.8) is 0 Å². The highest BCUT2D eigenvalue weighted by molar-refractivity contribution is 14.0. The van der Waals surface area contributed by atoms with Crippen LogP contribution in [0.25, 0.3) is 0 Å². The molecule has 1 unspecified atom stereocenters. The molecule has 0 amide bonds. The van der Waals surface area contributed by atoms with Gasteiger partial charge in [0.2, 0.25) is 0 Å². The summed E-state index contributed by atoms with van der Waals surface area (Å²) >= 11 is 2.07. The Balaban J connectivity index is 0.00000312. The van der Waals surface area contributed by atoms with Crippen molar-refractivity contribution in [1.29, 1.82) is 0 Å². The summed E-state index contributed by atoms with van der Waals surface area (Å²) < 4.78 is 10.7. The van der Waals surface area contributed by atoms with E-state index in [0.29, 0.717) is 11.8 Å². The SMILES string of the molecule is CCNC(=NCc1ccc(OC)cc1OC)N1CCSC(CC)C1.I. The largest absolute Gasteiger partial charge is 0.497 e. The molecule has 1 aliphatic heterocycles. The van der Waals surface area contributed by atoms with Gasteiger partial charge in [0.25, 0.3) is 0 Å². The molecule has 0 aromatic heterocycles. The lowest BCUT2D eigenvalue weighted by atomic mass is 10.2. The number of benzene rings is 1. The minimum absolute atomic E-state index is 0. The Hall–Kier alpha value is -0.830. The molecule has 7 heteroatoms. The predicted octanol–water partition coefficient (Wildman–Crippen LogP) is 3.61. The smallest absolute Gasteiger partial charge is 0.194 e. The molecule has 0 aliphatic carbocycles. The number of hydrogen-bond donors (Lipinski definition) is 1. The number of methoxy groups -OCH3 is 2. The van der Waals surface area contributed by atoms with Gasteiger partial charge in [0.1, 0.15) is 11.5 Å². The number of halogens is 1. The number of hydrogen-bond acceptors (Lipinski definition) is 4. The van der Waals surface area contributed by atoms with Crippen molar-refractivity contribution in [3.8, 4) is 11.5 Å². The minimum Gasteiger partial charge on any atom is -0.497 e. The van der Waals surface area contributed by atoms with Crippen LogP contribution in [0.5, 0.6) is 11.5 Å². The fourth-order valence-electron chi connectivity index (χ4n) is 2.73. The van der Waals surface area contributed by atoms with Gasteiger partial charge in [-0.2, -0.15) is 11.8 Å². The lowest BCUT2D eigenvalue weighted by molar-refractivity contribution is 0.390. The Morgan fingerprint density at radius 2 is 2.12 bits per heavy atom. The first-order valence-electron chi connectivity index (χ1n) is 8.57. The average molecular weight is 479 g/mol. The van der Waals surface area contributed by atoms with Gasteiger partial charge in [0.15, 0.2) is 5.96 Å². The molecule has 0 radical (unpaired) electrons. The molecule has 1 atom stereocenters. The maximum Gasteiger partial charge on any atom is 0.194 e. The number of aliphatic imine (C=N–C) groups is 1. The number of ether oxygens (including phenoxy) is 2. The van der Waals surface area contributed by atoms with Crippen LogP contribution in [-0.2, 0) is 6.54 Å². The molecule has 142 valence electrons. The van der Waals surface area contributed by atoms with Gasteiger partial charge in [-0.1, -0.05) is 6.92 Å². The number of thioether (sulfide) groups is 1. The van der Waals surface area contributed by atoms with Crippen LogP contribution in [0, 0.1) is 0 Å². The normalized spacial score (nSPS) is 17.7. The topological polar surface area (TPSA) is 46.1 Å². The van der Waals surface area contributed by atoms with Gasteiger partial charge in [-0.3, -0.25) is 0 Å². The first kappa shape index (κ1) is 22.2. The monoisotopic (exact) mass is 479 g/mol. The van der Waals surface area contributed by atoms with E-state index in [2.05, 4.69) is 35.8 Å². The molecular formula is C18H30IN3O2S. The Labute approximate surface area is 173 Å². The molecule has 1 N–H and O–H groups in total. The predicted molar refractivity (Wildman–Crippen MR) is 118 cm³/mol. The fourth-order valence-corrected chi connectivity index (χ4v) is 3.91. The third-order valence-electron chi connectivity index (χ3n) is 4.12. The Morgan fingerprint density at radius 1 is 1.32 bits per heavy atom. The number of nitrogens with one attached hydrogen (secondary N) is 1. The van der Waals surface area contributed by atoms with Crippen LogP contribution in [0.1, 0.15) is 25.8 Å². The quantitative estimate of drug-likeness (QED) is 0.384. The van der Waals surface area contributed by atoms with E-state index in [4.69, 9.17) is 14.5 Å². The summed E-state index contributed by atoms with van der Waals surface area (Å²) in [6.07, 6.45) is 1.20. The fraction of sp³-hybridized carbons (Fsp3) is 0.611. The van der Waals surface area contributed by atoms with E-state index in [9.17, 15) is 0 Å². The molecule has 1 fully saturated rings. The summed E-state index contributed by atoms with van der Waals surface area (Å²) in [5, 5.41) is 4.12. The summed E-state index contributed by atoms with van der Waals surface area (Å²) in [6.45, 7) is 7.95. The van der Waals surface area contributed by atoms with Gasteiger partial charge in [0, 0.05) is 42.3 Å².